The molecule has 4 aromatic rings. The maximum absolute atomic E-state index is 6.16. The zero-order chi connectivity index (χ0) is 16.0. The van der Waals surface area contributed by atoms with E-state index in [1.807, 2.05) is 0 Å². The van der Waals surface area contributed by atoms with Crippen LogP contribution in [0.5, 0.6) is 5.88 Å². The van der Waals surface area contributed by atoms with E-state index in [1.54, 1.807) is 18.5 Å². The van der Waals surface area contributed by atoms with Crippen LogP contribution in [0.15, 0.2) is 18.5 Å². The summed E-state index contributed by atoms with van der Waals surface area (Å²) in [6.45, 7) is 0. The van der Waals surface area contributed by atoms with E-state index < -0.39 is 0 Å². The smallest absolute Gasteiger partial charge is 0.233 e. The SMILES string of the molecule is COc1nc2c(-c3cn[nH]c3)c(-c3n[nH]c(Cl)n3)[nH]c2cc1Cl. The van der Waals surface area contributed by atoms with E-state index in [2.05, 4.69) is 35.3 Å². The number of rotatable bonds is 3. The van der Waals surface area contributed by atoms with Crippen LogP contribution in [0.3, 0.4) is 0 Å². The number of pyridine rings is 1. The van der Waals surface area contributed by atoms with Gasteiger partial charge >= 0.3 is 0 Å². The van der Waals surface area contributed by atoms with Gasteiger partial charge in [-0.05, 0) is 17.7 Å². The highest BCUT2D eigenvalue weighted by Crippen LogP contribution is 2.38. The second-order valence-corrected chi connectivity index (χ2v) is 5.45. The maximum atomic E-state index is 6.16. The number of fused-ring (bicyclic) bond motifs is 1. The van der Waals surface area contributed by atoms with E-state index in [1.165, 1.54) is 7.11 Å². The van der Waals surface area contributed by atoms with Crippen molar-refractivity contribution < 1.29 is 4.74 Å². The third-order valence-corrected chi connectivity index (χ3v) is 3.79. The Labute approximate surface area is 139 Å². The van der Waals surface area contributed by atoms with E-state index in [9.17, 15) is 0 Å². The summed E-state index contributed by atoms with van der Waals surface area (Å²) < 4.78 is 5.21. The van der Waals surface area contributed by atoms with Crippen LogP contribution in [0.1, 0.15) is 0 Å². The van der Waals surface area contributed by atoms with Crippen molar-refractivity contribution in [2.75, 3.05) is 7.11 Å². The number of halogens is 2. The van der Waals surface area contributed by atoms with Gasteiger partial charge < -0.3 is 9.72 Å². The van der Waals surface area contributed by atoms with Crippen molar-refractivity contribution >= 4 is 34.2 Å². The molecule has 116 valence electrons. The number of hydrogen-bond acceptors (Lipinski definition) is 5. The fraction of sp³-hybridized carbons (Fsp3) is 0.0769. The molecule has 0 amide bonds. The Morgan fingerprint density at radius 3 is 2.74 bits per heavy atom. The van der Waals surface area contributed by atoms with Crippen LogP contribution in [0.4, 0.5) is 0 Å². The highest BCUT2D eigenvalue weighted by molar-refractivity contribution is 6.32. The van der Waals surface area contributed by atoms with E-state index in [0.717, 1.165) is 16.6 Å². The lowest BCUT2D eigenvalue weighted by Crippen LogP contribution is -1.89. The van der Waals surface area contributed by atoms with Crippen LogP contribution in [0.25, 0.3) is 33.7 Å². The van der Waals surface area contributed by atoms with Gasteiger partial charge in [-0.3, -0.25) is 5.10 Å². The van der Waals surface area contributed by atoms with Crippen molar-refractivity contribution in [2.45, 2.75) is 0 Å². The highest BCUT2D eigenvalue weighted by atomic mass is 35.5. The van der Waals surface area contributed by atoms with Crippen LogP contribution >= 0.6 is 23.2 Å². The summed E-state index contributed by atoms with van der Waals surface area (Å²) in [7, 11) is 1.51. The lowest BCUT2D eigenvalue weighted by molar-refractivity contribution is 0.400. The molecule has 4 aromatic heterocycles. The molecule has 8 nitrogen and oxygen atoms in total. The first kappa shape index (κ1) is 14.0. The summed E-state index contributed by atoms with van der Waals surface area (Å²) in [6, 6.07) is 1.74. The first-order chi connectivity index (χ1) is 11.2. The molecule has 23 heavy (non-hydrogen) atoms. The second-order valence-electron chi connectivity index (χ2n) is 4.69. The summed E-state index contributed by atoms with van der Waals surface area (Å²) in [5.41, 5.74) is 3.65. The monoisotopic (exact) mass is 349 g/mol. The minimum atomic E-state index is 0.195. The summed E-state index contributed by atoms with van der Waals surface area (Å²) >= 11 is 12.0. The van der Waals surface area contributed by atoms with Gasteiger partial charge in [0.05, 0.1) is 24.5 Å². The van der Waals surface area contributed by atoms with E-state index in [4.69, 9.17) is 27.9 Å². The van der Waals surface area contributed by atoms with Crippen molar-refractivity contribution in [1.82, 2.24) is 35.3 Å². The Bertz CT molecular complexity index is 990. The lowest BCUT2D eigenvalue weighted by Gasteiger charge is -2.02. The Hall–Kier alpha value is -2.58. The molecule has 0 aromatic carbocycles. The quantitative estimate of drug-likeness (QED) is 0.526. The standard InChI is InChI=1S/C13H9Cl2N7O/c1-23-12-6(14)2-7-9(19-12)8(5-3-16-17-4-5)10(18-7)11-20-13(15)22-21-11/h2-4,18H,1H3,(H,16,17)(H,20,21,22). The molecule has 4 rings (SSSR count). The minimum absolute atomic E-state index is 0.195. The predicted octanol–water partition coefficient (Wildman–Crippen LogP) is 3.05. The van der Waals surface area contributed by atoms with Crippen molar-refractivity contribution in [3.63, 3.8) is 0 Å². The number of aromatic amines is 3. The average Bonchev–Trinajstić information content (AvgIpc) is 3.24. The molecule has 10 heteroatoms. The fourth-order valence-electron chi connectivity index (χ4n) is 2.41. The lowest BCUT2D eigenvalue weighted by atomic mass is 10.1. The Kier molecular flexibility index (Phi) is 3.21. The number of hydrogen-bond donors (Lipinski definition) is 3. The number of nitrogens with one attached hydrogen (secondary N) is 3. The first-order valence-corrected chi connectivity index (χ1v) is 7.26. The van der Waals surface area contributed by atoms with Gasteiger partial charge in [-0.25, -0.2) is 10.1 Å². The van der Waals surface area contributed by atoms with Crippen LogP contribution < -0.4 is 4.74 Å². The molecule has 3 N–H and O–H groups in total. The van der Waals surface area contributed by atoms with Gasteiger partial charge in [-0.15, -0.1) is 0 Å². The summed E-state index contributed by atoms with van der Waals surface area (Å²) in [5.74, 6) is 0.752. The van der Waals surface area contributed by atoms with Crippen LogP contribution in [-0.4, -0.2) is 42.5 Å². The van der Waals surface area contributed by atoms with E-state index in [-0.39, 0.29) is 5.28 Å². The first-order valence-electron chi connectivity index (χ1n) is 6.51. The van der Waals surface area contributed by atoms with Gasteiger partial charge in [-0.1, -0.05) is 11.6 Å². The molecular formula is C13H9Cl2N7O. The van der Waals surface area contributed by atoms with Gasteiger partial charge in [0.2, 0.25) is 11.2 Å². The van der Waals surface area contributed by atoms with E-state index >= 15 is 0 Å². The predicted molar refractivity (Wildman–Crippen MR) is 85.6 cm³/mol. The molecule has 0 aliphatic carbocycles. The fourth-order valence-corrected chi connectivity index (χ4v) is 2.76. The van der Waals surface area contributed by atoms with Gasteiger partial charge in [-0.2, -0.15) is 15.2 Å². The number of ether oxygens (including phenoxy) is 1. The minimum Gasteiger partial charge on any atom is -0.480 e. The molecule has 0 saturated carbocycles. The number of nitrogens with zero attached hydrogens (tertiary/aromatic N) is 4. The van der Waals surface area contributed by atoms with Crippen molar-refractivity contribution in [2.24, 2.45) is 0 Å². The molecule has 0 spiro atoms. The third-order valence-electron chi connectivity index (χ3n) is 3.35. The summed E-state index contributed by atoms with van der Waals surface area (Å²) in [5, 5.41) is 14.1. The second kappa shape index (κ2) is 5.25. The van der Waals surface area contributed by atoms with Crippen molar-refractivity contribution in [3.8, 4) is 28.5 Å². The average molecular weight is 350 g/mol. The Morgan fingerprint density at radius 1 is 1.22 bits per heavy atom. The van der Waals surface area contributed by atoms with Gasteiger partial charge in [0, 0.05) is 17.3 Å². The molecule has 0 unspecified atom stereocenters. The van der Waals surface area contributed by atoms with E-state index in [0.29, 0.717) is 27.9 Å². The molecule has 4 heterocycles. The summed E-state index contributed by atoms with van der Waals surface area (Å²) in [6.07, 6.45) is 3.44. The van der Waals surface area contributed by atoms with Crippen molar-refractivity contribution in [1.29, 1.82) is 0 Å². The Balaban J connectivity index is 2.07. The zero-order valence-corrected chi connectivity index (χ0v) is 13.2. The molecule has 0 atom stereocenters. The third kappa shape index (κ3) is 2.23. The number of methoxy groups -OCH3 is 1. The molecule has 0 aliphatic rings. The van der Waals surface area contributed by atoms with Crippen LogP contribution in [-0.2, 0) is 0 Å². The highest BCUT2D eigenvalue weighted by Gasteiger charge is 2.21. The zero-order valence-electron chi connectivity index (χ0n) is 11.7. The van der Waals surface area contributed by atoms with Gasteiger partial charge in [0.15, 0.2) is 5.82 Å². The maximum Gasteiger partial charge on any atom is 0.233 e. The summed E-state index contributed by atoms with van der Waals surface area (Å²) in [4.78, 5) is 11.9. The van der Waals surface area contributed by atoms with Gasteiger partial charge in [0.1, 0.15) is 10.5 Å². The van der Waals surface area contributed by atoms with Crippen LogP contribution in [0, 0.1) is 0 Å². The van der Waals surface area contributed by atoms with Crippen LogP contribution in [0.2, 0.25) is 10.3 Å². The van der Waals surface area contributed by atoms with Crippen molar-refractivity contribution in [3.05, 3.63) is 28.8 Å². The molecule has 0 saturated heterocycles. The molecular weight excluding hydrogens is 341 g/mol. The molecule has 0 fully saturated rings. The number of H-pyrrole nitrogens is 3. The molecule has 0 bridgehead atoms. The topological polar surface area (TPSA) is 108 Å². The van der Waals surface area contributed by atoms with Gasteiger partial charge in [0.25, 0.3) is 0 Å². The molecule has 0 radical (unpaired) electrons. The molecule has 0 aliphatic heterocycles. The normalized spacial score (nSPS) is 11.3. The largest absolute Gasteiger partial charge is 0.480 e. The number of aromatic nitrogens is 7. The Morgan fingerprint density at radius 2 is 2.09 bits per heavy atom.